The minimum Gasteiger partial charge on any atom is -0.486 e. The Hall–Kier alpha value is -1.53. The highest BCUT2D eigenvalue weighted by atomic mass is 35.5. The second-order valence-corrected chi connectivity index (χ2v) is 6.31. The number of nitrogens with one attached hydrogen (secondary N) is 1. The molecule has 1 aromatic carbocycles. The van der Waals surface area contributed by atoms with E-state index >= 15 is 0 Å². The predicted molar refractivity (Wildman–Crippen MR) is 87.4 cm³/mol. The van der Waals surface area contributed by atoms with E-state index in [1.54, 1.807) is 13.0 Å². The minimum atomic E-state index is -0.674. The number of ether oxygens (including phenoxy) is 3. The van der Waals surface area contributed by atoms with Gasteiger partial charge >= 0.3 is 5.97 Å². The van der Waals surface area contributed by atoms with E-state index in [0.29, 0.717) is 17.9 Å². The molecule has 24 heavy (non-hydrogen) atoms. The molecule has 2 heterocycles. The quantitative estimate of drug-likeness (QED) is 0.840. The Morgan fingerprint density at radius 1 is 1.42 bits per heavy atom. The van der Waals surface area contributed by atoms with Crippen molar-refractivity contribution in [3.63, 3.8) is 0 Å². The van der Waals surface area contributed by atoms with Crippen LogP contribution in [0.1, 0.15) is 31.2 Å². The summed E-state index contributed by atoms with van der Waals surface area (Å²) in [6, 6.07) is 1.63. The number of esters is 1. The molecule has 0 spiro atoms. The van der Waals surface area contributed by atoms with Gasteiger partial charge in [0.05, 0.1) is 17.5 Å². The topological polar surface area (TPSA) is 56.8 Å². The third kappa shape index (κ3) is 3.30. The first-order valence-corrected chi connectivity index (χ1v) is 8.66. The fourth-order valence-electron chi connectivity index (χ4n) is 3.35. The van der Waals surface area contributed by atoms with Gasteiger partial charge in [-0.1, -0.05) is 11.6 Å². The van der Waals surface area contributed by atoms with Crippen molar-refractivity contribution in [2.45, 2.75) is 25.7 Å². The lowest BCUT2D eigenvalue weighted by molar-refractivity contribution is -0.146. The first kappa shape index (κ1) is 17.3. The summed E-state index contributed by atoms with van der Waals surface area (Å²) in [4.78, 5) is 12.6. The molecule has 2 aliphatic rings. The van der Waals surface area contributed by atoms with Crippen LogP contribution in [0, 0.1) is 11.7 Å². The van der Waals surface area contributed by atoms with E-state index in [2.05, 4.69) is 5.32 Å². The molecule has 1 N–H and O–H groups in total. The van der Waals surface area contributed by atoms with Crippen LogP contribution in [0.3, 0.4) is 0 Å². The molecule has 0 aromatic heterocycles. The molecule has 2 aliphatic heterocycles. The first-order chi connectivity index (χ1) is 11.6. The Bertz CT molecular complexity index is 619. The summed E-state index contributed by atoms with van der Waals surface area (Å²) in [6.45, 7) is 4.25. The van der Waals surface area contributed by atoms with E-state index in [-0.39, 0.29) is 35.9 Å². The van der Waals surface area contributed by atoms with E-state index in [4.69, 9.17) is 25.8 Å². The van der Waals surface area contributed by atoms with Crippen LogP contribution >= 0.6 is 11.6 Å². The number of carbonyl (C=O) groups excluding carboxylic acids is 1. The van der Waals surface area contributed by atoms with Crippen molar-refractivity contribution in [2.24, 2.45) is 5.92 Å². The van der Waals surface area contributed by atoms with E-state index in [0.717, 1.165) is 25.9 Å². The lowest BCUT2D eigenvalue weighted by Crippen LogP contribution is -2.34. The largest absolute Gasteiger partial charge is 0.486 e. The van der Waals surface area contributed by atoms with Gasteiger partial charge in [0.15, 0.2) is 17.3 Å². The molecule has 1 fully saturated rings. The Morgan fingerprint density at radius 3 is 2.83 bits per heavy atom. The van der Waals surface area contributed by atoms with E-state index < -0.39 is 11.7 Å². The fourth-order valence-corrected chi connectivity index (χ4v) is 3.61. The second-order valence-electron chi connectivity index (χ2n) is 5.94. The molecule has 1 aromatic rings. The number of rotatable bonds is 4. The molecule has 7 heteroatoms. The molecular weight excluding hydrogens is 337 g/mol. The smallest absolute Gasteiger partial charge is 0.313 e. The van der Waals surface area contributed by atoms with Crippen LogP contribution in [0.2, 0.25) is 5.02 Å². The SMILES string of the molecule is CCOC(=O)[C@@H](c1cc2c(c(F)c1Cl)OCCO2)C1CCNCC1. The zero-order valence-electron chi connectivity index (χ0n) is 13.6. The lowest BCUT2D eigenvalue weighted by atomic mass is 9.80. The van der Waals surface area contributed by atoms with Crippen molar-refractivity contribution in [1.82, 2.24) is 5.32 Å². The van der Waals surface area contributed by atoms with Crippen LogP contribution in [-0.2, 0) is 9.53 Å². The highest BCUT2D eigenvalue weighted by Crippen LogP contribution is 2.44. The van der Waals surface area contributed by atoms with Crippen molar-refractivity contribution in [3.05, 3.63) is 22.5 Å². The zero-order chi connectivity index (χ0) is 17.1. The van der Waals surface area contributed by atoms with Gasteiger partial charge in [0.1, 0.15) is 13.2 Å². The number of fused-ring (bicyclic) bond motifs is 1. The van der Waals surface area contributed by atoms with Crippen LogP contribution in [0.4, 0.5) is 4.39 Å². The molecule has 0 bridgehead atoms. The Labute approximate surface area is 145 Å². The van der Waals surface area contributed by atoms with Crippen LogP contribution in [-0.4, -0.2) is 38.9 Å². The van der Waals surface area contributed by atoms with Crippen molar-refractivity contribution in [2.75, 3.05) is 32.9 Å². The third-order valence-electron chi connectivity index (χ3n) is 4.47. The van der Waals surface area contributed by atoms with Gasteiger partial charge < -0.3 is 19.5 Å². The third-order valence-corrected chi connectivity index (χ3v) is 4.86. The van der Waals surface area contributed by atoms with Crippen LogP contribution < -0.4 is 14.8 Å². The standard InChI is InChI=1S/C17H21ClFNO4/c1-2-22-17(21)13(10-3-5-20-6-4-10)11-9-12-16(15(19)14(11)18)24-8-7-23-12/h9-10,13,20H,2-8H2,1H3/t13-/m1/s1. The summed E-state index contributed by atoms with van der Waals surface area (Å²) >= 11 is 6.25. The van der Waals surface area contributed by atoms with Crippen molar-refractivity contribution in [1.29, 1.82) is 0 Å². The highest BCUT2D eigenvalue weighted by molar-refractivity contribution is 6.32. The van der Waals surface area contributed by atoms with Gasteiger partial charge in [-0.15, -0.1) is 0 Å². The zero-order valence-corrected chi connectivity index (χ0v) is 14.3. The van der Waals surface area contributed by atoms with Gasteiger partial charge in [-0.05, 0) is 50.4 Å². The predicted octanol–water partition coefficient (Wildman–Crippen LogP) is 2.90. The Balaban J connectivity index is 2.03. The molecule has 1 atom stereocenters. The molecule has 0 aliphatic carbocycles. The van der Waals surface area contributed by atoms with Gasteiger partial charge in [-0.2, -0.15) is 0 Å². The maximum Gasteiger partial charge on any atom is 0.313 e. The van der Waals surface area contributed by atoms with Gasteiger partial charge in [-0.3, -0.25) is 4.79 Å². The van der Waals surface area contributed by atoms with Crippen molar-refractivity contribution in [3.8, 4) is 11.5 Å². The van der Waals surface area contributed by atoms with Crippen molar-refractivity contribution >= 4 is 17.6 Å². The highest BCUT2D eigenvalue weighted by Gasteiger charge is 2.36. The van der Waals surface area contributed by atoms with Gasteiger partial charge in [0, 0.05) is 0 Å². The number of halogens is 2. The summed E-state index contributed by atoms with van der Waals surface area (Å²) in [7, 11) is 0. The average Bonchev–Trinajstić information content (AvgIpc) is 2.61. The maximum absolute atomic E-state index is 14.6. The summed E-state index contributed by atoms with van der Waals surface area (Å²) in [5.41, 5.74) is 0.420. The Kier molecular flexibility index (Phi) is 5.46. The van der Waals surface area contributed by atoms with E-state index in [1.165, 1.54) is 0 Å². The Morgan fingerprint density at radius 2 is 2.12 bits per heavy atom. The summed E-state index contributed by atoms with van der Waals surface area (Å²) < 4.78 is 30.7. The van der Waals surface area contributed by atoms with Crippen LogP contribution in [0.15, 0.2) is 6.07 Å². The number of hydrogen-bond acceptors (Lipinski definition) is 5. The summed E-state index contributed by atoms with van der Waals surface area (Å²) in [6.07, 6.45) is 1.60. The molecule has 3 rings (SSSR count). The van der Waals surface area contributed by atoms with Crippen molar-refractivity contribution < 1.29 is 23.4 Å². The van der Waals surface area contributed by atoms with Gasteiger partial charge in [0.2, 0.25) is 0 Å². The maximum atomic E-state index is 14.6. The molecular formula is C17H21ClFNO4. The minimum absolute atomic E-state index is 0.0166. The van der Waals surface area contributed by atoms with E-state index in [1.807, 2.05) is 0 Å². The number of piperidine rings is 1. The number of benzene rings is 1. The molecule has 0 unspecified atom stereocenters. The molecule has 5 nitrogen and oxygen atoms in total. The van der Waals surface area contributed by atoms with Gasteiger partial charge in [-0.25, -0.2) is 4.39 Å². The number of hydrogen-bond donors (Lipinski definition) is 1. The molecule has 1 saturated heterocycles. The summed E-state index contributed by atoms with van der Waals surface area (Å²) in [5, 5.41) is 3.18. The molecule has 0 amide bonds. The fraction of sp³-hybridized carbons (Fsp3) is 0.588. The molecule has 0 saturated carbocycles. The molecule has 132 valence electrons. The monoisotopic (exact) mass is 357 g/mol. The average molecular weight is 358 g/mol. The normalized spacial score (nSPS) is 19.0. The van der Waals surface area contributed by atoms with Gasteiger partial charge in [0.25, 0.3) is 0 Å². The first-order valence-electron chi connectivity index (χ1n) is 8.28. The van der Waals surface area contributed by atoms with Crippen LogP contribution in [0.5, 0.6) is 11.5 Å². The summed E-state index contributed by atoms with van der Waals surface area (Å²) in [5.74, 6) is -1.30. The van der Waals surface area contributed by atoms with Crippen LogP contribution in [0.25, 0.3) is 0 Å². The number of carbonyl (C=O) groups is 1. The van der Waals surface area contributed by atoms with E-state index in [9.17, 15) is 9.18 Å². The molecule has 0 radical (unpaired) electrons. The lowest BCUT2D eigenvalue weighted by Gasteiger charge is -2.31. The second kappa shape index (κ2) is 7.57.